The van der Waals surface area contributed by atoms with Gasteiger partial charge in [0.2, 0.25) is 0 Å². The van der Waals surface area contributed by atoms with E-state index >= 15 is 0 Å². The summed E-state index contributed by atoms with van der Waals surface area (Å²) < 4.78 is 0. The lowest BCUT2D eigenvalue weighted by molar-refractivity contribution is 0.126. The number of urea groups is 1. The molecular formula is C21H33ClN4O. The predicted octanol–water partition coefficient (Wildman–Crippen LogP) is 3.48. The standard InChI is InChI=1S/C21H33ClN4O/c22-19-9-7-18(8-10-19)17-26-15-13-25(14-16-26)12-4-11-23-21(27)24-20-5-2-1-3-6-20/h7-10,20H,1-6,11-17H2,(H2,23,24,27). The molecule has 0 bridgehead atoms. The topological polar surface area (TPSA) is 47.6 Å². The van der Waals surface area contributed by atoms with Crippen molar-refractivity contribution in [2.75, 3.05) is 39.3 Å². The van der Waals surface area contributed by atoms with Crippen molar-refractivity contribution in [3.05, 3.63) is 34.9 Å². The fourth-order valence-corrected chi connectivity index (χ4v) is 4.13. The largest absolute Gasteiger partial charge is 0.338 e. The molecule has 5 nitrogen and oxygen atoms in total. The summed E-state index contributed by atoms with van der Waals surface area (Å²) in [5.74, 6) is 0. The van der Waals surface area contributed by atoms with Crippen LogP contribution >= 0.6 is 11.6 Å². The second kappa shape index (κ2) is 10.9. The first-order chi connectivity index (χ1) is 13.2. The Labute approximate surface area is 168 Å². The zero-order valence-corrected chi connectivity index (χ0v) is 17.0. The maximum atomic E-state index is 11.9. The molecule has 0 spiro atoms. The quantitative estimate of drug-likeness (QED) is 0.698. The highest BCUT2D eigenvalue weighted by Crippen LogP contribution is 2.17. The number of hydrogen-bond acceptors (Lipinski definition) is 3. The number of amides is 2. The van der Waals surface area contributed by atoms with Gasteiger partial charge >= 0.3 is 6.03 Å². The minimum atomic E-state index is 0.00897. The number of halogens is 1. The van der Waals surface area contributed by atoms with E-state index in [0.29, 0.717) is 6.04 Å². The predicted molar refractivity (Wildman–Crippen MR) is 111 cm³/mol. The SMILES string of the molecule is O=C(NCCCN1CCN(Cc2ccc(Cl)cc2)CC1)NC1CCCCC1. The Bertz CT molecular complexity index is 566. The Morgan fingerprint density at radius 2 is 1.67 bits per heavy atom. The summed E-state index contributed by atoms with van der Waals surface area (Å²) in [6, 6.07) is 8.54. The van der Waals surface area contributed by atoms with Crippen LogP contribution in [-0.2, 0) is 6.54 Å². The molecule has 1 aliphatic carbocycles. The normalized spacial score (nSPS) is 19.7. The molecule has 1 aliphatic heterocycles. The molecule has 2 N–H and O–H groups in total. The lowest BCUT2D eigenvalue weighted by Crippen LogP contribution is -2.47. The highest BCUT2D eigenvalue weighted by Gasteiger charge is 2.17. The molecule has 150 valence electrons. The molecule has 0 aromatic heterocycles. The number of hydrogen-bond donors (Lipinski definition) is 2. The Kier molecular flexibility index (Phi) is 8.24. The molecular weight excluding hydrogens is 360 g/mol. The van der Waals surface area contributed by atoms with Gasteiger partial charge in [0.15, 0.2) is 0 Å². The number of nitrogens with one attached hydrogen (secondary N) is 2. The molecule has 2 amide bonds. The van der Waals surface area contributed by atoms with E-state index in [0.717, 1.165) is 70.1 Å². The van der Waals surface area contributed by atoms with Gasteiger partial charge in [0, 0.05) is 50.3 Å². The zero-order chi connectivity index (χ0) is 18.9. The van der Waals surface area contributed by atoms with Crippen molar-refractivity contribution in [1.82, 2.24) is 20.4 Å². The van der Waals surface area contributed by atoms with Crippen LogP contribution in [0.15, 0.2) is 24.3 Å². The van der Waals surface area contributed by atoms with Crippen molar-refractivity contribution in [2.45, 2.75) is 51.1 Å². The average molecular weight is 393 g/mol. The Hall–Kier alpha value is -1.30. The van der Waals surface area contributed by atoms with Crippen LogP contribution in [0.25, 0.3) is 0 Å². The Balaban J connectivity index is 1.24. The van der Waals surface area contributed by atoms with Gasteiger partial charge in [-0.2, -0.15) is 0 Å². The van der Waals surface area contributed by atoms with Gasteiger partial charge in [0.05, 0.1) is 0 Å². The van der Waals surface area contributed by atoms with Gasteiger partial charge in [-0.1, -0.05) is 43.0 Å². The number of piperazine rings is 1. The van der Waals surface area contributed by atoms with Crippen LogP contribution in [0.5, 0.6) is 0 Å². The van der Waals surface area contributed by atoms with Crippen LogP contribution in [0, 0.1) is 0 Å². The summed E-state index contributed by atoms with van der Waals surface area (Å²) in [6.45, 7) is 7.19. The van der Waals surface area contributed by atoms with Crippen LogP contribution in [0.4, 0.5) is 4.79 Å². The van der Waals surface area contributed by atoms with E-state index in [1.54, 1.807) is 0 Å². The lowest BCUT2D eigenvalue weighted by Gasteiger charge is -2.34. The fraction of sp³-hybridized carbons (Fsp3) is 0.667. The molecule has 0 radical (unpaired) electrons. The summed E-state index contributed by atoms with van der Waals surface area (Å²) in [7, 11) is 0. The minimum Gasteiger partial charge on any atom is -0.338 e. The minimum absolute atomic E-state index is 0.00897. The van der Waals surface area contributed by atoms with Gasteiger partial charge < -0.3 is 15.5 Å². The molecule has 2 aliphatic rings. The van der Waals surface area contributed by atoms with E-state index in [1.807, 2.05) is 12.1 Å². The fourth-order valence-electron chi connectivity index (χ4n) is 4.01. The molecule has 1 saturated carbocycles. The van der Waals surface area contributed by atoms with Gasteiger partial charge in [-0.25, -0.2) is 4.79 Å². The maximum Gasteiger partial charge on any atom is 0.315 e. The molecule has 6 heteroatoms. The van der Waals surface area contributed by atoms with Gasteiger partial charge in [-0.3, -0.25) is 4.90 Å². The molecule has 27 heavy (non-hydrogen) atoms. The number of carbonyl (C=O) groups excluding carboxylic acids is 1. The summed E-state index contributed by atoms with van der Waals surface area (Å²) in [5.41, 5.74) is 1.32. The van der Waals surface area contributed by atoms with Crippen LogP contribution in [-0.4, -0.2) is 61.1 Å². The number of benzene rings is 1. The van der Waals surface area contributed by atoms with E-state index in [1.165, 1.54) is 24.8 Å². The first kappa shape index (κ1) is 20.4. The number of rotatable bonds is 7. The van der Waals surface area contributed by atoms with Crippen molar-refractivity contribution in [2.24, 2.45) is 0 Å². The maximum absolute atomic E-state index is 11.9. The van der Waals surface area contributed by atoms with Gasteiger partial charge in [-0.05, 0) is 43.5 Å². The molecule has 0 unspecified atom stereocenters. The third-order valence-corrected chi connectivity index (χ3v) is 5.91. The number of carbonyl (C=O) groups is 1. The van der Waals surface area contributed by atoms with E-state index in [4.69, 9.17) is 11.6 Å². The molecule has 1 aromatic rings. The third-order valence-electron chi connectivity index (χ3n) is 5.66. The van der Waals surface area contributed by atoms with Crippen molar-refractivity contribution in [1.29, 1.82) is 0 Å². The monoisotopic (exact) mass is 392 g/mol. The van der Waals surface area contributed by atoms with Crippen molar-refractivity contribution in [3.63, 3.8) is 0 Å². The average Bonchev–Trinajstić information content (AvgIpc) is 2.69. The molecule has 0 atom stereocenters. The first-order valence-corrected chi connectivity index (χ1v) is 10.8. The molecule has 1 heterocycles. The smallest absolute Gasteiger partial charge is 0.315 e. The highest BCUT2D eigenvalue weighted by atomic mass is 35.5. The molecule has 1 aromatic carbocycles. The van der Waals surface area contributed by atoms with E-state index < -0.39 is 0 Å². The summed E-state index contributed by atoms with van der Waals surface area (Å²) in [4.78, 5) is 16.9. The van der Waals surface area contributed by atoms with Crippen LogP contribution in [0.3, 0.4) is 0 Å². The van der Waals surface area contributed by atoms with E-state index in [9.17, 15) is 4.79 Å². The van der Waals surface area contributed by atoms with E-state index in [2.05, 4.69) is 32.6 Å². The van der Waals surface area contributed by atoms with Crippen molar-refractivity contribution < 1.29 is 4.79 Å². The zero-order valence-electron chi connectivity index (χ0n) is 16.3. The van der Waals surface area contributed by atoms with Crippen molar-refractivity contribution >= 4 is 17.6 Å². The van der Waals surface area contributed by atoms with Gasteiger partial charge in [-0.15, -0.1) is 0 Å². The van der Waals surface area contributed by atoms with Gasteiger partial charge in [0.25, 0.3) is 0 Å². The Morgan fingerprint density at radius 3 is 2.37 bits per heavy atom. The molecule has 1 saturated heterocycles. The van der Waals surface area contributed by atoms with Crippen LogP contribution in [0.2, 0.25) is 5.02 Å². The summed E-state index contributed by atoms with van der Waals surface area (Å²) >= 11 is 5.95. The number of nitrogens with zero attached hydrogens (tertiary/aromatic N) is 2. The molecule has 2 fully saturated rings. The van der Waals surface area contributed by atoms with Crippen molar-refractivity contribution in [3.8, 4) is 0 Å². The third kappa shape index (κ3) is 7.32. The first-order valence-electron chi connectivity index (χ1n) is 10.4. The molecule has 3 rings (SSSR count). The van der Waals surface area contributed by atoms with Crippen LogP contribution in [0.1, 0.15) is 44.1 Å². The highest BCUT2D eigenvalue weighted by molar-refractivity contribution is 6.30. The van der Waals surface area contributed by atoms with E-state index in [-0.39, 0.29) is 6.03 Å². The second-order valence-electron chi connectivity index (χ2n) is 7.83. The lowest BCUT2D eigenvalue weighted by atomic mass is 9.96. The van der Waals surface area contributed by atoms with Crippen LogP contribution < -0.4 is 10.6 Å². The summed E-state index contributed by atoms with van der Waals surface area (Å²) in [6.07, 6.45) is 7.08. The summed E-state index contributed by atoms with van der Waals surface area (Å²) in [5, 5.41) is 6.92. The second-order valence-corrected chi connectivity index (χ2v) is 8.27. The Morgan fingerprint density at radius 1 is 1.00 bits per heavy atom. The van der Waals surface area contributed by atoms with Gasteiger partial charge in [0.1, 0.15) is 0 Å².